The molecule has 4 atom stereocenters. The van der Waals surface area contributed by atoms with Crippen molar-refractivity contribution < 1.29 is 20.1 Å². The highest BCUT2D eigenvalue weighted by Crippen LogP contribution is 2.36. The first-order valence-electron chi connectivity index (χ1n) is 9.30. The Balaban J connectivity index is 2.31. The Hall–Kier alpha value is -0.870. The number of carboxylic acid groups (broad SMARTS) is 1. The summed E-state index contributed by atoms with van der Waals surface area (Å²) in [5, 5.41) is 28.8. The third-order valence-electron chi connectivity index (χ3n) is 4.95. The summed E-state index contributed by atoms with van der Waals surface area (Å²) < 4.78 is 0. The second-order valence-corrected chi connectivity index (χ2v) is 6.91. The molecule has 1 aliphatic rings. The van der Waals surface area contributed by atoms with Gasteiger partial charge in [0.05, 0.1) is 12.2 Å². The predicted octanol–water partition coefficient (Wildman–Crippen LogP) is 3.91. The zero-order chi connectivity index (χ0) is 17.1. The van der Waals surface area contributed by atoms with Crippen LogP contribution in [0.5, 0.6) is 0 Å². The van der Waals surface area contributed by atoms with Crippen molar-refractivity contribution in [1.82, 2.24) is 0 Å². The van der Waals surface area contributed by atoms with Gasteiger partial charge in [0.25, 0.3) is 0 Å². The molecule has 3 N–H and O–H groups in total. The summed E-state index contributed by atoms with van der Waals surface area (Å²) >= 11 is 0. The van der Waals surface area contributed by atoms with Gasteiger partial charge in [0.2, 0.25) is 0 Å². The minimum Gasteiger partial charge on any atom is -0.481 e. The SMILES string of the molecule is CCCCCC(O)/C=C/C1CCC(O)C1CCCCCC(=O)O. The highest BCUT2D eigenvalue weighted by atomic mass is 16.4. The number of allylic oxidation sites excluding steroid dienone is 1. The Labute approximate surface area is 140 Å². The lowest BCUT2D eigenvalue weighted by Gasteiger charge is -2.20. The number of aliphatic carboxylic acids is 1. The van der Waals surface area contributed by atoms with E-state index >= 15 is 0 Å². The van der Waals surface area contributed by atoms with E-state index in [1.54, 1.807) is 0 Å². The average Bonchev–Trinajstić information content (AvgIpc) is 2.85. The van der Waals surface area contributed by atoms with Crippen LogP contribution in [0.4, 0.5) is 0 Å². The minimum absolute atomic E-state index is 0.237. The van der Waals surface area contributed by atoms with E-state index in [1.165, 1.54) is 0 Å². The molecule has 0 aromatic rings. The van der Waals surface area contributed by atoms with Crippen LogP contribution >= 0.6 is 0 Å². The van der Waals surface area contributed by atoms with Crippen LogP contribution in [0.1, 0.15) is 77.6 Å². The summed E-state index contributed by atoms with van der Waals surface area (Å²) in [4.78, 5) is 10.5. The maximum Gasteiger partial charge on any atom is 0.303 e. The summed E-state index contributed by atoms with van der Waals surface area (Å²) in [6.45, 7) is 2.16. The summed E-state index contributed by atoms with van der Waals surface area (Å²) in [5.74, 6) is -0.118. The van der Waals surface area contributed by atoms with Crippen LogP contribution in [-0.4, -0.2) is 33.5 Å². The van der Waals surface area contributed by atoms with Crippen LogP contribution in [0.15, 0.2) is 12.2 Å². The molecule has 0 aromatic carbocycles. The zero-order valence-corrected chi connectivity index (χ0v) is 14.5. The van der Waals surface area contributed by atoms with Crippen molar-refractivity contribution in [2.75, 3.05) is 0 Å². The molecule has 4 heteroatoms. The van der Waals surface area contributed by atoms with E-state index in [0.717, 1.165) is 64.2 Å². The summed E-state index contributed by atoms with van der Waals surface area (Å²) in [7, 11) is 0. The van der Waals surface area contributed by atoms with Gasteiger partial charge in [0, 0.05) is 6.42 Å². The Morgan fingerprint density at radius 2 is 1.96 bits per heavy atom. The smallest absolute Gasteiger partial charge is 0.303 e. The molecule has 134 valence electrons. The quantitative estimate of drug-likeness (QED) is 0.375. The molecule has 0 bridgehead atoms. The Kier molecular flexibility index (Phi) is 10.2. The highest BCUT2D eigenvalue weighted by molar-refractivity contribution is 5.66. The Bertz CT molecular complexity index is 353. The first-order valence-corrected chi connectivity index (χ1v) is 9.30. The fraction of sp³-hybridized carbons (Fsp3) is 0.842. The molecule has 0 spiro atoms. The fourth-order valence-corrected chi connectivity index (χ4v) is 3.53. The highest BCUT2D eigenvalue weighted by Gasteiger charge is 2.32. The summed E-state index contributed by atoms with van der Waals surface area (Å²) in [6, 6.07) is 0. The monoisotopic (exact) mass is 326 g/mol. The van der Waals surface area contributed by atoms with E-state index in [4.69, 9.17) is 5.11 Å². The molecular weight excluding hydrogens is 292 g/mol. The van der Waals surface area contributed by atoms with Gasteiger partial charge >= 0.3 is 5.97 Å². The molecular formula is C19H34O4. The molecule has 0 heterocycles. The third-order valence-corrected chi connectivity index (χ3v) is 4.95. The molecule has 0 saturated heterocycles. The molecule has 1 fully saturated rings. The largest absolute Gasteiger partial charge is 0.481 e. The van der Waals surface area contributed by atoms with E-state index in [1.807, 2.05) is 6.08 Å². The van der Waals surface area contributed by atoms with Crippen LogP contribution in [0.3, 0.4) is 0 Å². The van der Waals surface area contributed by atoms with Crippen molar-refractivity contribution >= 4 is 5.97 Å². The second-order valence-electron chi connectivity index (χ2n) is 6.91. The van der Waals surface area contributed by atoms with Gasteiger partial charge < -0.3 is 15.3 Å². The molecule has 4 nitrogen and oxygen atoms in total. The lowest BCUT2D eigenvalue weighted by Crippen LogP contribution is -2.18. The molecule has 23 heavy (non-hydrogen) atoms. The van der Waals surface area contributed by atoms with Crippen LogP contribution < -0.4 is 0 Å². The summed E-state index contributed by atoms with van der Waals surface area (Å²) in [5.41, 5.74) is 0. The minimum atomic E-state index is -0.733. The zero-order valence-electron chi connectivity index (χ0n) is 14.5. The molecule has 0 radical (unpaired) electrons. The lowest BCUT2D eigenvalue weighted by atomic mass is 9.88. The van der Waals surface area contributed by atoms with Crippen molar-refractivity contribution in [3.8, 4) is 0 Å². The number of aliphatic hydroxyl groups is 2. The van der Waals surface area contributed by atoms with Gasteiger partial charge in [0.1, 0.15) is 0 Å². The maximum atomic E-state index is 10.5. The van der Waals surface area contributed by atoms with Gasteiger partial charge in [-0.3, -0.25) is 4.79 Å². The number of rotatable bonds is 12. The number of unbranched alkanes of at least 4 members (excludes halogenated alkanes) is 4. The van der Waals surface area contributed by atoms with E-state index < -0.39 is 5.97 Å². The molecule has 1 saturated carbocycles. The standard InChI is InChI=1S/C19H34O4/c1-2-3-5-8-16(20)13-11-15-12-14-18(21)17(15)9-6-4-7-10-19(22)23/h11,13,15-18,20-21H,2-10,12,14H2,1H3,(H,22,23)/b13-11+. The first kappa shape index (κ1) is 20.2. The van der Waals surface area contributed by atoms with Gasteiger partial charge in [-0.2, -0.15) is 0 Å². The predicted molar refractivity (Wildman–Crippen MR) is 92.2 cm³/mol. The fourth-order valence-electron chi connectivity index (χ4n) is 3.53. The van der Waals surface area contributed by atoms with E-state index in [0.29, 0.717) is 5.92 Å². The average molecular weight is 326 g/mol. The lowest BCUT2D eigenvalue weighted by molar-refractivity contribution is -0.137. The number of aliphatic hydroxyl groups excluding tert-OH is 2. The van der Waals surface area contributed by atoms with Crippen LogP contribution in [0.2, 0.25) is 0 Å². The van der Waals surface area contributed by atoms with Gasteiger partial charge in [-0.25, -0.2) is 0 Å². The van der Waals surface area contributed by atoms with Crippen molar-refractivity contribution in [3.05, 3.63) is 12.2 Å². The van der Waals surface area contributed by atoms with E-state index in [-0.39, 0.29) is 24.5 Å². The number of hydrogen-bond donors (Lipinski definition) is 3. The van der Waals surface area contributed by atoms with Crippen LogP contribution in [-0.2, 0) is 4.79 Å². The van der Waals surface area contributed by atoms with Gasteiger partial charge in [-0.1, -0.05) is 51.2 Å². The molecule has 0 aromatic heterocycles. The molecule has 1 rings (SSSR count). The topological polar surface area (TPSA) is 77.8 Å². The number of carbonyl (C=O) groups is 1. The van der Waals surface area contributed by atoms with Gasteiger partial charge in [-0.15, -0.1) is 0 Å². The first-order chi connectivity index (χ1) is 11.0. The van der Waals surface area contributed by atoms with Crippen LogP contribution in [0.25, 0.3) is 0 Å². The van der Waals surface area contributed by atoms with Crippen molar-refractivity contribution in [2.24, 2.45) is 11.8 Å². The number of hydrogen-bond acceptors (Lipinski definition) is 3. The third kappa shape index (κ3) is 8.52. The normalized spacial score (nSPS) is 26.0. The Morgan fingerprint density at radius 1 is 1.17 bits per heavy atom. The maximum absolute atomic E-state index is 10.5. The number of carboxylic acids is 1. The molecule has 0 aliphatic heterocycles. The molecule has 1 aliphatic carbocycles. The van der Waals surface area contributed by atoms with Gasteiger partial charge in [0.15, 0.2) is 0 Å². The van der Waals surface area contributed by atoms with E-state index in [9.17, 15) is 15.0 Å². The van der Waals surface area contributed by atoms with Crippen molar-refractivity contribution in [1.29, 1.82) is 0 Å². The van der Waals surface area contributed by atoms with E-state index in [2.05, 4.69) is 13.0 Å². The van der Waals surface area contributed by atoms with Gasteiger partial charge in [-0.05, 0) is 43.9 Å². The summed E-state index contributed by atoms with van der Waals surface area (Å²) in [6.07, 6.45) is 13.2. The Morgan fingerprint density at radius 3 is 2.65 bits per heavy atom. The second kappa shape index (κ2) is 11.6. The molecule has 0 amide bonds. The van der Waals surface area contributed by atoms with Crippen molar-refractivity contribution in [3.63, 3.8) is 0 Å². The van der Waals surface area contributed by atoms with Crippen molar-refractivity contribution in [2.45, 2.75) is 89.8 Å². The molecule has 4 unspecified atom stereocenters. The van der Waals surface area contributed by atoms with Crippen LogP contribution in [0, 0.1) is 11.8 Å².